The molecule has 16 heavy (non-hydrogen) atoms. The molecule has 0 fully saturated rings. The molecule has 0 radical (unpaired) electrons. The van der Waals surface area contributed by atoms with E-state index < -0.39 is 6.47 Å². The van der Waals surface area contributed by atoms with Gasteiger partial charge in [-0.2, -0.15) is 0 Å². The average Bonchev–Trinajstić information content (AvgIpc) is 2.17. The Morgan fingerprint density at radius 2 is 1.69 bits per heavy atom. The molecule has 0 saturated heterocycles. The summed E-state index contributed by atoms with van der Waals surface area (Å²) < 4.78 is 6.00. The number of halogens is 1. The van der Waals surface area contributed by atoms with Crippen LogP contribution in [0.25, 0.3) is 0 Å². The average molecular weight is 259 g/mol. The second-order valence-corrected chi connectivity index (χ2v) is 8.86. The first-order valence-corrected chi connectivity index (χ1v) is 8.38. The van der Waals surface area contributed by atoms with Gasteiger partial charge in [0.25, 0.3) is 0 Å². The second kappa shape index (κ2) is 5.80. The van der Waals surface area contributed by atoms with Gasteiger partial charge in [0, 0.05) is 5.66 Å². The standard InChI is InChI=1S/C13H20ClOP/c1-11(2)10-16(14,12(3)4)15-13-8-6-5-7-9-13/h5-12H,1-4H3. The molecule has 3 heteroatoms. The van der Waals surface area contributed by atoms with Gasteiger partial charge in [-0.25, -0.2) is 0 Å². The Morgan fingerprint density at radius 3 is 2.12 bits per heavy atom. The van der Waals surface area contributed by atoms with E-state index in [1.165, 1.54) is 0 Å². The molecular weight excluding hydrogens is 239 g/mol. The van der Waals surface area contributed by atoms with Gasteiger partial charge in [-0.15, -0.1) is 0 Å². The molecule has 1 aromatic rings. The third-order valence-electron chi connectivity index (χ3n) is 2.19. The fourth-order valence-corrected chi connectivity index (χ4v) is 4.15. The fourth-order valence-electron chi connectivity index (χ4n) is 1.36. The number of para-hydroxylation sites is 1. The highest BCUT2D eigenvalue weighted by atomic mass is 35.7. The molecule has 0 aliphatic rings. The topological polar surface area (TPSA) is 9.23 Å². The van der Waals surface area contributed by atoms with Gasteiger partial charge in [-0.1, -0.05) is 57.1 Å². The minimum atomic E-state index is -1.97. The van der Waals surface area contributed by atoms with Crippen molar-refractivity contribution < 1.29 is 4.52 Å². The van der Waals surface area contributed by atoms with Crippen LogP contribution in [-0.4, -0.2) is 11.5 Å². The Kier molecular flexibility index (Phi) is 4.95. The SMILES string of the molecule is CC(C)C=P(Cl)(Oc1ccccc1)C(C)C. The van der Waals surface area contributed by atoms with Crippen LogP contribution in [0.4, 0.5) is 0 Å². The van der Waals surface area contributed by atoms with Crippen LogP contribution in [-0.2, 0) is 0 Å². The molecule has 1 rings (SSSR count). The van der Waals surface area contributed by atoms with E-state index in [9.17, 15) is 0 Å². The summed E-state index contributed by atoms with van der Waals surface area (Å²) in [6.45, 7) is 6.52. The quantitative estimate of drug-likeness (QED) is 0.689. The van der Waals surface area contributed by atoms with Gasteiger partial charge >= 0.3 is 0 Å². The predicted molar refractivity (Wildman–Crippen MR) is 75.9 cm³/mol. The molecule has 0 amide bonds. The maximum absolute atomic E-state index is 6.64. The Bertz CT molecular complexity index is 371. The molecule has 1 atom stereocenters. The van der Waals surface area contributed by atoms with E-state index in [-0.39, 0.29) is 0 Å². The van der Waals surface area contributed by atoms with Crippen molar-refractivity contribution in [2.24, 2.45) is 5.92 Å². The minimum absolute atomic E-state index is 0.330. The lowest BCUT2D eigenvalue weighted by Gasteiger charge is -2.25. The number of benzene rings is 1. The summed E-state index contributed by atoms with van der Waals surface area (Å²) in [5, 5.41) is 0. The molecule has 0 heterocycles. The van der Waals surface area contributed by atoms with Crippen molar-refractivity contribution in [2.75, 3.05) is 0 Å². The zero-order valence-electron chi connectivity index (χ0n) is 10.4. The molecule has 1 unspecified atom stereocenters. The van der Waals surface area contributed by atoms with Gasteiger partial charge in [-0.3, -0.25) is 0 Å². The summed E-state index contributed by atoms with van der Waals surface area (Å²) >= 11 is 6.64. The lowest BCUT2D eigenvalue weighted by Crippen LogP contribution is -2.05. The molecule has 0 spiro atoms. The van der Waals surface area contributed by atoms with Crippen molar-refractivity contribution in [3.63, 3.8) is 0 Å². The van der Waals surface area contributed by atoms with E-state index in [2.05, 4.69) is 33.5 Å². The van der Waals surface area contributed by atoms with Crippen LogP contribution in [0.3, 0.4) is 0 Å². The summed E-state index contributed by atoms with van der Waals surface area (Å²) in [5.41, 5.74) is 0.330. The van der Waals surface area contributed by atoms with Crippen LogP contribution in [0.15, 0.2) is 30.3 Å². The summed E-state index contributed by atoms with van der Waals surface area (Å²) in [5.74, 6) is 3.46. The van der Waals surface area contributed by atoms with Crippen molar-refractivity contribution in [1.82, 2.24) is 0 Å². The van der Waals surface area contributed by atoms with Crippen LogP contribution >= 0.6 is 17.7 Å². The highest BCUT2D eigenvalue weighted by Gasteiger charge is 2.21. The van der Waals surface area contributed by atoms with Gasteiger partial charge < -0.3 is 4.52 Å². The minimum Gasteiger partial charge on any atom is -0.462 e. The highest BCUT2D eigenvalue weighted by molar-refractivity contribution is 7.94. The van der Waals surface area contributed by atoms with Crippen LogP contribution in [0.2, 0.25) is 0 Å². The maximum atomic E-state index is 6.64. The normalized spacial score (nSPS) is 14.9. The Morgan fingerprint density at radius 1 is 1.12 bits per heavy atom. The van der Waals surface area contributed by atoms with Gasteiger partial charge in [0.15, 0.2) is 0 Å². The summed E-state index contributed by atoms with van der Waals surface area (Å²) in [6.07, 6.45) is 0. The Labute approximate surface area is 104 Å². The molecule has 0 saturated carbocycles. The van der Waals surface area contributed by atoms with Crippen LogP contribution < -0.4 is 4.52 Å². The molecule has 90 valence electrons. The Balaban J connectivity index is 2.97. The molecule has 0 N–H and O–H groups in total. The first kappa shape index (κ1) is 13.7. The monoisotopic (exact) mass is 258 g/mol. The van der Waals surface area contributed by atoms with Crippen LogP contribution in [0.1, 0.15) is 27.7 Å². The Hall–Kier alpha value is -0.390. The van der Waals surface area contributed by atoms with Crippen molar-refractivity contribution in [3.05, 3.63) is 30.3 Å². The first-order chi connectivity index (χ1) is 7.44. The van der Waals surface area contributed by atoms with Crippen LogP contribution in [0, 0.1) is 5.92 Å². The molecule has 1 aromatic carbocycles. The number of hydrogen-bond donors (Lipinski definition) is 0. The third-order valence-corrected chi connectivity index (χ3v) is 6.81. The van der Waals surface area contributed by atoms with Gasteiger partial charge in [0.2, 0.25) is 0 Å². The fraction of sp³-hybridized carbons (Fsp3) is 0.462. The van der Waals surface area contributed by atoms with Crippen molar-refractivity contribution >= 4 is 23.5 Å². The smallest absolute Gasteiger partial charge is 0.137 e. The summed E-state index contributed by atoms with van der Waals surface area (Å²) in [4.78, 5) is 0. The molecule has 1 nitrogen and oxygen atoms in total. The van der Waals surface area contributed by atoms with E-state index >= 15 is 0 Å². The molecule has 0 aromatic heterocycles. The second-order valence-electron chi connectivity index (χ2n) is 4.52. The van der Waals surface area contributed by atoms with E-state index in [0.717, 1.165) is 5.75 Å². The highest BCUT2D eigenvalue weighted by Crippen LogP contribution is 2.57. The van der Waals surface area contributed by atoms with Crippen molar-refractivity contribution in [2.45, 2.75) is 33.4 Å². The summed E-state index contributed by atoms with van der Waals surface area (Å²) in [6, 6.07) is 9.81. The maximum Gasteiger partial charge on any atom is 0.137 e. The van der Waals surface area contributed by atoms with Crippen molar-refractivity contribution in [3.8, 4) is 5.75 Å². The van der Waals surface area contributed by atoms with E-state index in [0.29, 0.717) is 11.6 Å². The van der Waals surface area contributed by atoms with E-state index in [1.807, 2.05) is 30.3 Å². The zero-order valence-corrected chi connectivity index (χ0v) is 12.0. The predicted octanol–water partition coefficient (Wildman–Crippen LogP) is 5.02. The first-order valence-electron chi connectivity index (χ1n) is 5.63. The lowest BCUT2D eigenvalue weighted by molar-refractivity contribution is 0.612. The van der Waals surface area contributed by atoms with Gasteiger partial charge in [0.1, 0.15) is 12.2 Å². The molecular formula is C13H20ClOP. The van der Waals surface area contributed by atoms with Crippen LogP contribution in [0.5, 0.6) is 5.75 Å². The lowest BCUT2D eigenvalue weighted by atomic mass is 10.3. The van der Waals surface area contributed by atoms with Crippen molar-refractivity contribution in [1.29, 1.82) is 0 Å². The van der Waals surface area contributed by atoms with Gasteiger partial charge in [-0.05, 0) is 23.8 Å². The van der Waals surface area contributed by atoms with E-state index in [4.69, 9.17) is 15.8 Å². The van der Waals surface area contributed by atoms with Gasteiger partial charge in [0.05, 0.1) is 0 Å². The number of rotatable bonds is 4. The third kappa shape index (κ3) is 3.88. The largest absolute Gasteiger partial charge is 0.462 e. The number of hydrogen-bond acceptors (Lipinski definition) is 1. The zero-order chi connectivity index (χ0) is 12.2. The molecule has 0 aliphatic heterocycles. The molecule has 0 aliphatic carbocycles. The molecule has 0 bridgehead atoms. The summed E-state index contributed by atoms with van der Waals surface area (Å²) in [7, 11) is 0. The van der Waals surface area contributed by atoms with E-state index in [1.54, 1.807) is 0 Å².